The lowest BCUT2D eigenvalue weighted by Crippen LogP contribution is -2.79. The summed E-state index contributed by atoms with van der Waals surface area (Å²) in [4.78, 5) is 12.0. The van der Waals surface area contributed by atoms with Crippen LogP contribution in [0.4, 0.5) is 13.2 Å². The van der Waals surface area contributed by atoms with Crippen LogP contribution in [-0.4, -0.2) is 24.2 Å². The highest BCUT2D eigenvalue weighted by atomic mass is 19.4. The number of nitrogens with one attached hydrogen (secondary N) is 1. The molecule has 3 aliphatic rings. The highest BCUT2D eigenvalue weighted by molar-refractivity contribution is 5.95. The van der Waals surface area contributed by atoms with E-state index in [-0.39, 0.29) is 16.7 Å². The van der Waals surface area contributed by atoms with Gasteiger partial charge in [-0.3, -0.25) is 4.79 Å². The first kappa shape index (κ1) is 13.4. The van der Waals surface area contributed by atoms with Crippen molar-refractivity contribution in [2.45, 2.75) is 36.6 Å². The Labute approximate surface area is 114 Å². The fourth-order valence-electron chi connectivity index (χ4n) is 3.19. The molecular weight excluding hydrogens is 271 g/mol. The van der Waals surface area contributed by atoms with Crippen LogP contribution in [0.5, 0.6) is 0 Å². The Bertz CT molecular complexity index is 548. The van der Waals surface area contributed by atoms with Crippen LogP contribution in [-0.2, 0) is 10.9 Å². The minimum Gasteiger partial charge on any atom is -0.378 e. The fraction of sp³-hybridized carbons (Fsp3) is 0.500. The zero-order chi connectivity index (χ0) is 14.6. The molecule has 6 heteroatoms. The molecule has 0 heterocycles. The number of ether oxygens (including phenoxy) is 1. The highest BCUT2D eigenvalue weighted by Crippen LogP contribution is 2.62. The van der Waals surface area contributed by atoms with Gasteiger partial charge in [0.15, 0.2) is 0 Å². The van der Waals surface area contributed by atoms with E-state index < -0.39 is 17.6 Å². The molecule has 0 spiro atoms. The fourth-order valence-corrected chi connectivity index (χ4v) is 3.19. The molecule has 0 atom stereocenters. The average molecular weight is 285 g/mol. The summed E-state index contributed by atoms with van der Waals surface area (Å²) in [5, 5.41) is 2.83. The largest absolute Gasteiger partial charge is 0.416 e. The third kappa shape index (κ3) is 1.98. The van der Waals surface area contributed by atoms with E-state index in [4.69, 9.17) is 4.74 Å². The van der Waals surface area contributed by atoms with Crippen molar-refractivity contribution in [3.63, 3.8) is 0 Å². The second kappa shape index (κ2) is 3.97. The van der Waals surface area contributed by atoms with Crippen molar-refractivity contribution < 1.29 is 22.7 Å². The number of amides is 1. The molecule has 3 aliphatic carbocycles. The van der Waals surface area contributed by atoms with Crippen molar-refractivity contribution in [2.75, 3.05) is 7.11 Å². The molecule has 0 aliphatic heterocycles. The molecular formula is C14H14F3NO2. The van der Waals surface area contributed by atoms with E-state index in [1.807, 2.05) is 0 Å². The maximum atomic E-state index is 12.6. The van der Waals surface area contributed by atoms with Crippen molar-refractivity contribution in [3.8, 4) is 0 Å². The number of rotatable bonds is 3. The van der Waals surface area contributed by atoms with Gasteiger partial charge in [0.25, 0.3) is 5.91 Å². The number of halogens is 3. The quantitative estimate of drug-likeness (QED) is 0.927. The van der Waals surface area contributed by atoms with Crippen molar-refractivity contribution in [1.29, 1.82) is 0 Å². The van der Waals surface area contributed by atoms with Gasteiger partial charge in [0, 0.05) is 18.2 Å². The van der Waals surface area contributed by atoms with Gasteiger partial charge in [-0.25, -0.2) is 0 Å². The Morgan fingerprint density at radius 3 is 2.50 bits per heavy atom. The first-order valence-corrected chi connectivity index (χ1v) is 6.33. The lowest BCUT2D eigenvalue weighted by molar-refractivity contribution is -0.233. The van der Waals surface area contributed by atoms with Gasteiger partial charge in [0.05, 0.1) is 11.2 Å². The smallest absolute Gasteiger partial charge is 0.378 e. The zero-order valence-electron chi connectivity index (χ0n) is 10.9. The van der Waals surface area contributed by atoms with Gasteiger partial charge in [-0.1, -0.05) is 6.07 Å². The van der Waals surface area contributed by atoms with Gasteiger partial charge in [0.2, 0.25) is 0 Å². The molecule has 20 heavy (non-hydrogen) atoms. The van der Waals surface area contributed by atoms with Crippen LogP contribution in [0.15, 0.2) is 24.3 Å². The van der Waals surface area contributed by atoms with Crippen LogP contribution in [0.3, 0.4) is 0 Å². The average Bonchev–Trinajstić information content (AvgIpc) is 2.30. The summed E-state index contributed by atoms with van der Waals surface area (Å²) in [7, 11) is 1.64. The van der Waals surface area contributed by atoms with Gasteiger partial charge in [-0.15, -0.1) is 0 Å². The lowest BCUT2D eigenvalue weighted by Gasteiger charge is -2.69. The number of carbonyl (C=O) groups is 1. The molecule has 0 unspecified atom stereocenters. The standard InChI is InChI=1S/C14H14F3NO2/c1-20-13-6-12(7-13,8-13)18-11(19)9-3-2-4-10(5-9)14(15,16)17/h2-5H,6-8H2,1H3,(H,18,19). The SMILES string of the molecule is COC12CC(NC(=O)c3cccc(C(F)(F)F)c3)(C1)C2. The van der Waals surface area contributed by atoms with E-state index in [0.29, 0.717) is 0 Å². The van der Waals surface area contributed by atoms with Crippen molar-refractivity contribution >= 4 is 5.91 Å². The van der Waals surface area contributed by atoms with Crippen LogP contribution in [0.25, 0.3) is 0 Å². The molecule has 1 N–H and O–H groups in total. The molecule has 4 rings (SSSR count). The highest BCUT2D eigenvalue weighted by Gasteiger charge is 2.69. The lowest BCUT2D eigenvalue weighted by atomic mass is 9.46. The predicted octanol–water partition coefficient (Wildman–Crippen LogP) is 2.76. The van der Waals surface area contributed by atoms with E-state index in [1.165, 1.54) is 12.1 Å². The number of carbonyl (C=O) groups excluding carboxylic acids is 1. The Morgan fingerprint density at radius 2 is 1.95 bits per heavy atom. The summed E-state index contributed by atoms with van der Waals surface area (Å²) in [5.74, 6) is -0.458. The topological polar surface area (TPSA) is 38.3 Å². The molecule has 0 aromatic heterocycles. The molecule has 0 radical (unpaired) electrons. The Hall–Kier alpha value is -1.56. The van der Waals surface area contributed by atoms with Gasteiger partial charge >= 0.3 is 6.18 Å². The molecule has 1 aromatic rings. The van der Waals surface area contributed by atoms with E-state index in [1.54, 1.807) is 7.11 Å². The summed E-state index contributed by atoms with van der Waals surface area (Å²) in [5.41, 5.74) is -1.16. The summed E-state index contributed by atoms with van der Waals surface area (Å²) in [6.07, 6.45) is -2.23. The van der Waals surface area contributed by atoms with Gasteiger partial charge in [-0.05, 0) is 37.5 Å². The number of alkyl halides is 3. The first-order valence-electron chi connectivity index (χ1n) is 6.33. The van der Waals surface area contributed by atoms with Crippen LogP contribution in [0.1, 0.15) is 35.2 Å². The van der Waals surface area contributed by atoms with Crippen molar-refractivity contribution in [1.82, 2.24) is 5.32 Å². The first-order chi connectivity index (χ1) is 9.28. The van der Waals surface area contributed by atoms with Crippen LogP contribution in [0, 0.1) is 0 Å². The molecule has 3 nitrogen and oxygen atoms in total. The second-order valence-corrected chi connectivity index (χ2v) is 5.73. The number of benzene rings is 1. The van der Waals surface area contributed by atoms with Gasteiger partial charge < -0.3 is 10.1 Å². The van der Waals surface area contributed by atoms with E-state index >= 15 is 0 Å². The Morgan fingerprint density at radius 1 is 1.30 bits per heavy atom. The third-order valence-electron chi connectivity index (χ3n) is 4.25. The minimum absolute atomic E-state index is 0.0380. The molecule has 1 aromatic carbocycles. The van der Waals surface area contributed by atoms with Crippen molar-refractivity contribution in [3.05, 3.63) is 35.4 Å². The van der Waals surface area contributed by atoms with E-state index in [2.05, 4.69) is 5.32 Å². The maximum absolute atomic E-state index is 12.6. The molecule has 2 bridgehead atoms. The molecule has 3 saturated carbocycles. The summed E-state index contributed by atoms with van der Waals surface area (Å²) in [6, 6.07) is 4.48. The normalized spacial score (nSPS) is 31.2. The minimum atomic E-state index is -4.44. The van der Waals surface area contributed by atoms with Gasteiger partial charge in [-0.2, -0.15) is 13.2 Å². The third-order valence-corrected chi connectivity index (χ3v) is 4.25. The Balaban J connectivity index is 1.70. The van der Waals surface area contributed by atoms with Crippen LogP contribution < -0.4 is 5.32 Å². The zero-order valence-corrected chi connectivity index (χ0v) is 10.9. The Kier molecular flexibility index (Phi) is 2.67. The molecule has 3 fully saturated rings. The summed E-state index contributed by atoms with van der Waals surface area (Å²) < 4.78 is 43.1. The monoisotopic (exact) mass is 285 g/mol. The van der Waals surface area contributed by atoms with E-state index in [0.717, 1.165) is 31.4 Å². The van der Waals surface area contributed by atoms with Crippen LogP contribution >= 0.6 is 0 Å². The molecule has 1 amide bonds. The molecule has 0 saturated heterocycles. The van der Waals surface area contributed by atoms with Crippen molar-refractivity contribution in [2.24, 2.45) is 0 Å². The maximum Gasteiger partial charge on any atom is 0.416 e. The predicted molar refractivity (Wildman–Crippen MR) is 65.2 cm³/mol. The summed E-state index contributed by atoms with van der Waals surface area (Å²) >= 11 is 0. The number of methoxy groups -OCH3 is 1. The van der Waals surface area contributed by atoms with Crippen LogP contribution in [0.2, 0.25) is 0 Å². The summed E-state index contributed by atoms with van der Waals surface area (Å²) in [6.45, 7) is 0. The number of hydrogen-bond acceptors (Lipinski definition) is 2. The van der Waals surface area contributed by atoms with Gasteiger partial charge in [0.1, 0.15) is 0 Å². The second-order valence-electron chi connectivity index (χ2n) is 5.73. The number of hydrogen-bond donors (Lipinski definition) is 1. The molecule has 108 valence electrons. The van der Waals surface area contributed by atoms with E-state index in [9.17, 15) is 18.0 Å².